The van der Waals surface area contributed by atoms with E-state index in [-0.39, 0.29) is 5.82 Å². The van der Waals surface area contributed by atoms with Crippen molar-refractivity contribution in [3.05, 3.63) is 42.3 Å². The number of tetrazole rings is 1. The van der Waals surface area contributed by atoms with Gasteiger partial charge in [-0.05, 0) is 59.3 Å². The van der Waals surface area contributed by atoms with Crippen molar-refractivity contribution >= 4 is 11.8 Å². The van der Waals surface area contributed by atoms with Crippen molar-refractivity contribution in [1.82, 2.24) is 30.2 Å². The lowest BCUT2D eigenvalue weighted by Crippen LogP contribution is -2.15. The van der Waals surface area contributed by atoms with E-state index in [2.05, 4.69) is 25.5 Å². The minimum absolute atomic E-state index is 0.314. The lowest BCUT2D eigenvalue weighted by molar-refractivity contribution is 0.307. The molecule has 26 heavy (non-hydrogen) atoms. The molecule has 0 saturated heterocycles. The van der Waals surface area contributed by atoms with Crippen molar-refractivity contribution < 1.29 is 9.13 Å². The van der Waals surface area contributed by atoms with E-state index in [1.165, 1.54) is 43.2 Å². The highest BCUT2D eigenvalue weighted by molar-refractivity contribution is 7.99. The van der Waals surface area contributed by atoms with Crippen LogP contribution < -0.4 is 4.74 Å². The highest BCUT2D eigenvalue weighted by atomic mass is 32.2. The molecule has 0 N–H and O–H groups in total. The molecule has 0 radical (unpaired) electrons. The first kappa shape index (κ1) is 16.9. The van der Waals surface area contributed by atoms with Gasteiger partial charge in [0.25, 0.3) is 0 Å². The quantitative estimate of drug-likeness (QED) is 0.625. The van der Waals surface area contributed by atoms with Gasteiger partial charge in [-0.3, -0.25) is 0 Å². The summed E-state index contributed by atoms with van der Waals surface area (Å²) in [6.45, 7) is 0. The molecule has 2 aromatic heterocycles. The molecule has 1 aliphatic rings. The normalized spacial score (nSPS) is 15.1. The summed E-state index contributed by atoms with van der Waals surface area (Å²) in [4.78, 5) is 8.64. The van der Waals surface area contributed by atoms with Crippen LogP contribution in [0.25, 0.3) is 0 Å². The molecular weight excluding hydrogens is 355 g/mol. The molecule has 9 heteroatoms. The van der Waals surface area contributed by atoms with Gasteiger partial charge in [-0.2, -0.15) is 4.98 Å². The van der Waals surface area contributed by atoms with Crippen LogP contribution in [-0.2, 0) is 0 Å². The van der Waals surface area contributed by atoms with Crippen LogP contribution in [0.2, 0.25) is 0 Å². The first-order valence-corrected chi connectivity index (χ1v) is 9.32. The standard InChI is InChI=1S/C17H17FN6OS/c18-12-6-8-14(9-7-12)25-15-10-11-19-16(20-15)26-17-21-22-23-24(17)13-4-2-1-3-5-13/h6-11,13H,1-5H2. The number of ether oxygens (including phenoxy) is 1. The molecule has 3 aromatic rings. The lowest BCUT2D eigenvalue weighted by Gasteiger charge is -2.21. The molecule has 0 spiro atoms. The third-order valence-electron chi connectivity index (χ3n) is 4.21. The molecule has 0 amide bonds. The molecule has 4 rings (SSSR count). The maximum atomic E-state index is 13.0. The van der Waals surface area contributed by atoms with E-state index in [0.717, 1.165) is 12.8 Å². The van der Waals surface area contributed by atoms with E-state index in [9.17, 15) is 4.39 Å². The van der Waals surface area contributed by atoms with Crippen LogP contribution in [0.5, 0.6) is 11.6 Å². The van der Waals surface area contributed by atoms with Crippen LogP contribution in [0.1, 0.15) is 38.1 Å². The Morgan fingerprint density at radius 3 is 2.69 bits per heavy atom. The van der Waals surface area contributed by atoms with Crippen molar-refractivity contribution in [2.75, 3.05) is 0 Å². The fraction of sp³-hybridized carbons (Fsp3) is 0.353. The summed E-state index contributed by atoms with van der Waals surface area (Å²) in [6, 6.07) is 7.76. The van der Waals surface area contributed by atoms with Crippen molar-refractivity contribution in [1.29, 1.82) is 0 Å². The van der Waals surface area contributed by atoms with Gasteiger partial charge in [0, 0.05) is 12.3 Å². The van der Waals surface area contributed by atoms with Gasteiger partial charge in [0.05, 0.1) is 6.04 Å². The average molecular weight is 372 g/mol. The maximum Gasteiger partial charge on any atom is 0.223 e. The van der Waals surface area contributed by atoms with Gasteiger partial charge in [0.1, 0.15) is 11.6 Å². The Morgan fingerprint density at radius 2 is 1.88 bits per heavy atom. The summed E-state index contributed by atoms with van der Waals surface area (Å²) in [7, 11) is 0. The molecule has 7 nitrogen and oxygen atoms in total. The molecule has 0 aliphatic heterocycles. The van der Waals surface area contributed by atoms with Gasteiger partial charge in [-0.15, -0.1) is 5.10 Å². The number of hydrogen-bond donors (Lipinski definition) is 0. The molecule has 1 fully saturated rings. The molecule has 1 aromatic carbocycles. The Kier molecular flexibility index (Phi) is 5.05. The van der Waals surface area contributed by atoms with Gasteiger partial charge in [0.2, 0.25) is 11.0 Å². The van der Waals surface area contributed by atoms with Gasteiger partial charge >= 0.3 is 0 Å². The second-order valence-electron chi connectivity index (χ2n) is 6.03. The third-order valence-corrected chi connectivity index (χ3v) is 5.04. The SMILES string of the molecule is Fc1ccc(Oc2ccnc(Sc3nnnn3C3CCCCC3)n2)cc1. The highest BCUT2D eigenvalue weighted by Gasteiger charge is 2.21. The number of hydrogen-bond acceptors (Lipinski definition) is 7. The number of benzene rings is 1. The topological polar surface area (TPSA) is 78.6 Å². The summed E-state index contributed by atoms with van der Waals surface area (Å²) in [5.74, 6) is 0.574. The highest BCUT2D eigenvalue weighted by Crippen LogP contribution is 2.32. The Balaban J connectivity index is 1.49. The molecule has 134 valence electrons. The molecule has 1 saturated carbocycles. The maximum absolute atomic E-state index is 13.0. The lowest BCUT2D eigenvalue weighted by atomic mass is 9.96. The van der Waals surface area contributed by atoms with Crippen LogP contribution in [0.15, 0.2) is 46.8 Å². The molecule has 2 heterocycles. The van der Waals surface area contributed by atoms with Crippen LogP contribution in [0.4, 0.5) is 4.39 Å². The van der Waals surface area contributed by atoms with Crippen molar-refractivity contribution in [3.8, 4) is 11.6 Å². The van der Waals surface area contributed by atoms with Crippen LogP contribution in [0.3, 0.4) is 0 Å². The Bertz CT molecular complexity index is 866. The summed E-state index contributed by atoms with van der Waals surface area (Å²) >= 11 is 1.31. The first-order valence-electron chi connectivity index (χ1n) is 8.50. The predicted octanol–water partition coefficient (Wildman–Crippen LogP) is 4.05. The second kappa shape index (κ2) is 7.77. The Labute approximate surface area is 154 Å². The van der Waals surface area contributed by atoms with Crippen molar-refractivity contribution in [2.24, 2.45) is 0 Å². The Morgan fingerprint density at radius 1 is 1.08 bits per heavy atom. The minimum atomic E-state index is -0.314. The van der Waals surface area contributed by atoms with Crippen LogP contribution in [-0.4, -0.2) is 30.2 Å². The van der Waals surface area contributed by atoms with E-state index in [1.54, 1.807) is 24.4 Å². The third kappa shape index (κ3) is 3.98. The fourth-order valence-electron chi connectivity index (χ4n) is 2.94. The number of halogens is 1. The molecule has 0 unspecified atom stereocenters. The van der Waals surface area contributed by atoms with E-state index in [1.807, 2.05) is 4.68 Å². The zero-order valence-corrected chi connectivity index (χ0v) is 14.8. The summed E-state index contributed by atoms with van der Waals surface area (Å²) in [5.41, 5.74) is 0. The zero-order chi connectivity index (χ0) is 17.8. The number of nitrogens with zero attached hydrogens (tertiary/aromatic N) is 6. The number of rotatable bonds is 5. The summed E-state index contributed by atoms with van der Waals surface area (Å²) in [6.07, 6.45) is 7.47. The Hall–Kier alpha value is -2.55. The van der Waals surface area contributed by atoms with E-state index in [4.69, 9.17) is 4.74 Å². The second-order valence-corrected chi connectivity index (χ2v) is 6.97. The van der Waals surface area contributed by atoms with E-state index in [0.29, 0.717) is 28.0 Å². The van der Waals surface area contributed by atoms with Crippen molar-refractivity contribution in [2.45, 2.75) is 48.5 Å². The van der Waals surface area contributed by atoms with E-state index >= 15 is 0 Å². The van der Waals surface area contributed by atoms with Crippen molar-refractivity contribution in [3.63, 3.8) is 0 Å². The van der Waals surface area contributed by atoms with Gasteiger partial charge in [0.15, 0.2) is 5.16 Å². The van der Waals surface area contributed by atoms with E-state index < -0.39 is 0 Å². The monoisotopic (exact) mass is 372 g/mol. The molecular formula is C17H17FN6OS. The molecule has 0 atom stereocenters. The van der Waals surface area contributed by atoms with Crippen LogP contribution in [0, 0.1) is 5.82 Å². The predicted molar refractivity (Wildman–Crippen MR) is 92.6 cm³/mol. The van der Waals surface area contributed by atoms with Gasteiger partial charge < -0.3 is 4.74 Å². The fourth-order valence-corrected chi connectivity index (χ4v) is 3.71. The largest absolute Gasteiger partial charge is 0.439 e. The molecule has 0 bridgehead atoms. The van der Waals surface area contributed by atoms with Gasteiger partial charge in [-0.1, -0.05) is 19.3 Å². The first-order chi connectivity index (χ1) is 12.8. The van der Waals surface area contributed by atoms with Gasteiger partial charge in [-0.25, -0.2) is 14.1 Å². The zero-order valence-electron chi connectivity index (χ0n) is 14.0. The minimum Gasteiger partial charge on any atom is -0.439 e. The summed E-state index contributed by atoms with van der Waals surface area (Å²) in [5, 5.41) is 13.2. The van der Waals surface area contributed by atoms with Crippen LogP contribution >= 0.6 is 11.8 Å². The molecule has 1 aliphatic carbocycles. The average Bonchev–Trinajstić information content (AvgIpc) is 3.13. The summed E-state index contributed by atoms with van der Waals surface area (Å²) < 4.78 is 20.5. The smallest absolute Gasteiger partial charge is 0.223 e. The number of aromatic nitrogens is 6.